The second kappa shape index (κ2) is 9.87. The van der Waals surface area contributed by atoms with Gasteiger partial charge in [-0.2, -0.15) is 0 Å². The molecule has 1 amide bonds. The number of carbonyl (C=O) groups is 2. The predicted molar refractivity (Wildman–Crippen MR) is 123 cm³/mol. The number of hydrogen-bond acceptors (Lipinski definition) is 6. The van der Waals surface area contributed by atoms with E-state index in [2.05, 4.69) is 0 Å². The van der Waals surface area contributed by atoms with E-state index < -0.39 is 17.7 Å². The average Bonchev–Trinajstić information content (AvgIpc) is 3.03. The quantitative estimate of drug-likeness (QED) is 0.387. The van der Waals surface area contributed by atoms with Crippen molar-refractivity contribution in [2.45, 2.75) is 19.4 Å². The number of aliphatic hydroxyl groups is 1. The molecule has 1 heterocycles. The lowest BCUT2D eigenvalue weighted by molar-refractivity contribution is -0.140. The number of rotatable bonds is 8. The third kappa shape index (κ3) is 4.48. The molecule has 0 saturated carbocycles. The molecule has 1 aliphatic rings. The third-order valence-corrected chi connectivity index (χ3v) is 5.60. The molecule has 170 valence electrons. The Morgan fingerprint density at radius 1 is 1.06 bits per heavy atom. The fourth-order valence-electron chi connectivity index (χ4n) is 3.99. The molecular weight excluding hydrogens is 408 g/mol. The first kappa shape index (κ1) is 23.3. The molecule has 1 saturated heterocycles. The summed E-state index contributed by atoms with van der Waals surface area (Å²) in [7, 11) is 6.95. The van der Waals surface area contributed by atoms with Crippen LogP contribution in [0, 0.1) is 6.92 Å². The summed E-state index contributed by atoms with van der Waals surface area (Å²) >= 11 is 0. The lowest BCUT2D eigenvalue weighted by atomic mass is 9.94. The van der Waals surface area contributed by atoms with Crippen LogP contribution in [-0.4, -0.2) is 68.0 Å². The van der Waals surface area contributed by atoms with Gasteiger partial charge < -0.3 is 24.4 Å². The van der Waals surface area contributed by atoms with Crippen molar-refractivity contribution in [3.05, 3.63) is 64.7 Å². The first-order valence-electron chi connectivity index (χ1n) is 10.5. The first-order chi connectivity index (χ1) is 15.3. The molecule has 32 heavy (non-hydrogen) atoms. The van der Waals surface area contributed by atoms with E-state index in [9.17, 15) is 14.7 Å². The standard InChI is InChI=1S/C25H30N2O5/c1-16-10-12-17(13-11-16)22(28)20-21(18-8-6-9-19(31-4)24(18)32-5)27(25(30)23(20)29)15-7-14-26(2)3/h6,8-13,21,28H,7,14-15H2,1-5H3/b22-20+/t21-/m1/s1. The summed E-state index contributed by atoms with van der Waals surface area (Å²) < 4.78 is 11.0. The number of hydrogen-bond donors (Lipinski definition) is 1. The predicted octanol–water partition coefficient (Wildman–Crippen LogP) is 3.39. The van der Waals surface area contributed by atoms with Crippen molar-refractivity contribution in [1.82, 2.24) is 9.80 Å². The number of ether oxygens (including phenoxy) is 2. The Kier molecular flexibility index (Phi) is 7.20. The van der Waals surface area contributed by atoms with Gasteiger partial charge in [0, 0.05) is 17.7 Å². The molecule has 2 aromatic carbocycles. The van der Waals surface area contributed by atoms with E-state index in [-0.39, 0.29) is 11.3 Å². The number of likely N-dealkylation sites (tertiary alicyclic amines) is 1. The maximum atomic E-state index is 13.1. The largest absolute Gasteiger partial charge is 0.507 e. The second-order valence-electron chi connectivity index (χ2n) is 8.10. The van der Waals surface area contributed by atoms with Gasteiger partial charge in [0.25, 0.3) is 11.7 Å². The van der Waals surface area contributed by atoms with Crippen LogP contribution >= 0.6 is 0 Å². The smallest absolute Gasteiger partial charge is 0.295 e. The van der Waals surface area contributed by atoms with Gasteiger partial charge in [-0.25, -0.2) is 0 Å². The Bertz CT molecular complexity index is 1030. The molecule has 1 fully saturated rings. The van der Waals surface area contributed by atoms with Crippen molar-refractivity contribution in [1.29, 1.82) is 0 Å². The van der Waals surface area contributed by atoms with Crippen LogP contribution in [-0.2, 0) is 9.59 Å². The monoisotopic (exact) mass is 438 g/mol. The van der Waals surface area contributed by atoms with Crippen LogP contribution in [0.2, 0.25) is 0 Å². The zero-order chi connectivity index (χ0) is 23.4. The van der Waals surface area contributed by atoms with Crippen molar-refractivity contribution in [3.63, 3.8) is 0 Å². The Morgan fingerprint density at radius 3 is 2.34 bits per heavy atom. The number of para-hydroxylation sites is 1. The van der Waals surface area contributed by atoms with Crippen LogP contribution in [0.3, 0.4) is 0 Å². The molecule has 7 nitrogen and oxygen atoms in total. The van der Waals surface area contributed by atoms with Crippen LogP contribution < -0.4 is 9.47 Å². The molecule has 1 atom stereocenters. The summed E-state index contributed by atoms with van der Waals surface area (Å²) in [5.41, 5.74) is 2.14. The highest BCUT2D eigenvalue weighted by molar-refractivity contribution is 6.46. The summed E-state index contributed by atoms with van der Waals surface area (Å²) in [6.07, 6.45) is 0.674. The van der Waals surface area contributed by atoms with E-state index in [1.807, 2.05) is 38.1 Å². The normalized spacial score (nSPS) is 17.8. The van der Waals surface area contributed by atoms with Gasteiger partial charge in [-0.3, -0.25) is 9.59 Å². The van der Waals surface area contributed by atoms with Gasteiger partial charge in [-0.05, 0) is 40.1 Å². The Balaban J connectivity index is 2.19. The molecule has 1 aliphatic heterocycles. The SMILES string of the molecule is COc1cccc([C@@H]2/C(=C(\O)c3ccc(C)cc3)C(=O)C(=O)N2CCCN(C)C)c1OC. The summed E-state index contributed by atoms with van der Waals surface area (Å²) in [6.45, 7) is 3.05. The van der Waals surface area contributed by atoms with Crippen LogP contribution in [0.15, 0.2) is 48.0 Å². The Labute approximate surface area is 188 Å². The zero-order valence-corrected chi connectivity index (χ0v) is 19.2. The molecule has 0 aliphatic carbocycles. The zero-order valence-electron chi connectivity index (χ0n) is 19.2. The van der Waals surface area contributed by atoms with Gasteiger partial charge in [-0.15, -0.1) is 0 Å². The maximum Gasteiger partial charge on any atom is 0.295 e. The summed E-state index contributed by atoms with van der Waals surface area (Å²) in [4.78, 5) is 29.7. The number of carbonyl (C=O) groups excluding carboxylic acids is 2. The number of nitrogens with zero attached hydrogens (tertiary/aromatic N) is 2. The molecule has 0 bridgehead atoms. The van der Waals surface area contributed by atoms with Crippen molar-refractivity contribution in [3.8, 4) is 11.5 Å². The molecule has 0 aromatic heterocycles. The molecule has 2 aromatic rings. The number of ketones is 1. The van der Waals surface area contributed by atoms with Gasteiger partial charge >= 0.3 is 0 Å². The van der Waals surface area contributed by atoms with Crippen molar-refractivity contribution >= 4 is 17.4 Å². The Hall–Kier alpha value is -3.32. The van der Waals surface area contributed by atoms with Crippen molar-refractivity contribution in [2.24, 2.45) is 0 Å². The molecule has 0 radical (unpaired) electrons. The van der Waals surface area contributed by atoms with E-state index >= 15 is 0 Å². The van der Waals surface area contributed by atoms with E-state index in [0.717, 1.165) is 12.1 Å². The van der Waals surface area contributed by atoms with E-state index in [4.69, 9.17) is 9.47 Å². The minimum absolute atomic E-state index is 0.0512. The topological polar surface area (TPSA) is 79.3 Å². The number of Topliss-reactive ketones (excluding diaryl/α,β-unsaturated/α-hetero) is 1. The van der Waals surface area contributed by atoms with Crippen LogP contribution in [0.5, 0.6) is 11.5 Å². The highest BCUT2D eigenvalue weighted by Gasteiger charge is 2.47. The Morgan fingerprint density at radius 2 is 1.75 bits per heavy atom. The third-order valence-electron chi connectivity index (χ3n) is 5.60. The highest BCUT2D eigenvalue weighted by atomic mass is 16.5. The van der Waals surface area contributed by atoms with Gasteiger partial charge in [-0.1, -0.05) is 42.0 Å². The van der Waals surface area contributed by atoms with E-state index in [1.165, 1.54) is 19.1 Å². The molecular formula is C25H30N2O5. The molecule has 0 spiro atoms. The molecule has 1 N–H and O–H groups in total. The molecule has 0 unspecified atom stereocenters. The van der Waals surface area contributed by atoms with Crippen molar-refractivity contribution < 1.29 is 24.2 Å². The highest BCUT2D eigenvalue weighted by Crippen LogP contribution is 2.45. The molecule has 7 heteroatoms. The number of benzene rings is 2. The van der Waals surface area contributed by atoms with Crippen LogP contribution in [0.1, 0.15) is 29.2 Å². The average molecular weight is 439 g/mol. The van der Waals surface area contributed by atoms with Crippen LogP contribution in [0.4, 0.5) is 0 Å². The van der Waals surface area contributed by atoms with Gasteiger partial charge in [0.2, 0.25) is 0 Å². The van der Waals surface area contributed by atoms with Gasteiger partial charge in [0.05, 0.1) is 25.8 Å². The summed E-state index contributed by atoms with van der Waals surface area (Å²) in [6, 6.07) is 11.7. The number of aliphatic hydroxyl groups excluding tert-OH is 1. The van der Waals surface area contributed by atoms with E-state index in [1.54, 1.807) is 30.3 Å². The van der Waals surface area contributed by atoms with Crippen LogP contribution in [0.25, 0.3) is 5.76 Å². The fraction of sp³-hybridized carbons (Fsp3) is 0.360. The second-order valence-corrected chi connectivity index (χ2v) is 8.10. The summed E-state index contributed by atoms with van der Waals surface area (Å²) in [5, 5.41) is 11.2. The fourth-order valence-corrected chi connectivity index (χ4v) is 3.99. The lowest BCUT2D eigenvalue weighted by Gasteiger charge is -2.27. The molecule has 3 rings (SSSR count). The van der Waals surface area contributed by atoms with Gasteiger partial charge in [0.1, 0.15) is 5.76 Å². The number of aryl methyl sites for hydroxylation is 1. The summed E-state index contributed by atoms with van der Waals surface area (Å²) in [5.74, 6) is -0.628. The lowest BCUT2D eigenvalue weighted by Crippen LogP contribution is -2.32. The maximum absolute atomic E-state index is 13.1. The van der Waals surface area contributed by atoms with E-state index in [0.29, 0.717) is 35.6 Å². The van der Waals surface area contributed by atoms with Gasteiger partial charge in [0.15, 0.2) is 11.5 Å². The number of methoxy groups -OCH3 is 2. The number of amides is 1. The minimum atomic E-state index is -0.788. The first-order valence-corrected chi connectivity index (χ1v) is 10.5. The van der Waals surface area contributed by atoms with Crippen molar-refractivity contribution in [2.75, 3.05) is 41.4 Å². The minimum Gasteiger partial charge on any atom is -0.507 e.